The number of rotatable bonds is 7. The van der Waals surface area contributed by atoms with Gasteiger partial charge in [-0.3, -0.25) is 9.59 Å². The number of carbonyl (C=O) groups is 3. The summed E-state index contributed by atoms with van der Waals surface area (Å²) in [7, 11) is 0. The van der Waals surface area contributed by atoms with E-state index in [1.807, 2.05) is 20.8 Å². The molecule has 0 saturated carbocycles. The smallest absolute Gasteiger partial charge is 0.408 e. The number of alkyl carbamates (subject to hydrolysis) is 1. The molecule has 0 bridgehead atoms. The average Bonchev–Trinajstić information content (AvgIpc) is 2.52. The van der Waals surface area contributed by atoms with E-state index in [0.717, 1.165) is 5.56 Å². The third-order valence-electron chi connectivity index (χ3n) is 3.52. The summed E-state index contributed by atoms with van der Waals surface area (Å²) >= 11 is 0. The van der Waals surface area contributed by atoms with Gasteiger partial charge in [-0.05, 0) is 66.2 Å². The predicted molar refractivity (Wildman–Crippen MR) is 109 cm³/mol. The lowest BCUT2D eigenvalue weighted by Gasteiger charge is -2.24. The maximum absolute atomic E-state index is 12.5. The topological polar surface area (TPSA) is 114 Å². The maximum Gasteiger partial charge on any atom is 0.408 e. The third kappa shape index (κ3) is 9.82. The molecule has 2 amide bonds. The Bertz CT molecular complexity index is 716. The van der Waals surface area contributed by atoms with Crippen molar-refractivity contribution >= 4 is 18.0 Å². The van der Waals surface area contributed by atoms with Crippen molar-refractivity contribution in [1.82, 2.24) is 10.6 Å². The number of carboxylic acids is 1. The lowest BCUT2D eigenvalue weighted by atomic mass is 10.0. The first kappa shape index (κ1) is 24.3. The number of ether oxygens (including phenoxy) is 2. The van der Waals surface area contributed by atoms with E-state index in [1.165, 1.54) is 6.92 Å². The van der Waals surface area contributed by atoms with Crippen molar-refractivity contribution in [3.63, 3.8) is 0 Å². The third-order valence-corrected chi connectivity index (χ3v) is 3.52. The summed E-state index contributed by atoms with van der Waals surface area (Å²) in [6.07, 6.45) is -0.596. The highest BCUT2D eigenvalue weighted by Crippen LogP contribution is 2.19. The predicted octanol–water partition coefficient (Wildman–Crippen LogP) is 2.89. The summed E-state index contributed by atoms with van der Waals surface area (Å²) in [5.74, 6) is -1.10. The lowest BCUT2D eigenvalue weighted by Crippen LogP contribution is -2.52. The zero-order valence-electron chi connectivity index (χ0n) is 18.2. The molecule has 1 aromatic carbocycles. The average molecular weight is 408 g/mol. The highest BCUT2D eigenvalue weighted by molar-refractivity contribution is 5.89. The van der Waals surface area contributed by atoms with Gasteiger partial charge in [-0.1, -0.05) is 12.1 Å². The van der Waals surface area contributed by atoms with E-state index < -0.39 is 35.7 Å². The molecule has 29 heavy (non-hydrogen) atoms. The Hall–Kier alpha value is -2.77. The van der Waals surface area contributed by atoms with Gasteiger partial charge in [0, 0.05) is 6.42 Å². The monoisotopic (exact) mass is 408 g/mol. The number of hydrogen-bond donors (Lipinski definition) is 3. The van der Waals surface area contributed by atoms with Gasteiger partial charge >= 0.3 is 12.1 Å². The molecule has 0 saturated heterocycles. The molecule has 162 valence electrons. The van der Waals surface area contributed by atoms with Crippen LogP contribution < -0.4 is 15.4 Å². The second kappa shape index (κ2) is 9.62. The van der Waals surface area contributed by atoms with Crippen molar-refractivity contribution in [3.05, 3.63) is 29.8 Å². The van der Waals surface area contributed by atoms with Crippen molar-refractivity contribution in [2.45, 2.75) is 78.2 Å². The van der Waals surface area contributed by atoms with Crippen LogP contribution in [0.15, 0.2) is 24.3 Å². The van der Waals surface area contributed by atoms with Crippen LogP contribution in [0.3, 0.4) is 0 Å². The molecule has 0 aliphatic carbocycles. The molecule has 0 aromatic heterocycles. The fourth-order valence-corrected chi connectivity index (χ4v) is 2.32. The number of aliphatic carboxylic acids is 1. The Morgan fingerprint density at radius 1 is 0.966 bits per heavy atom. The zero-order valence-corrected chi connectivity index (χ0v) is 18.2. The molecule has 0 aliphatic heterocycles. The van der Waals surface area contributed by atoms with Crippen LogP contribution in [0, 0.1) is 0 Å². The number of hydrogen-bond acceptors (Lipinski definition) is 5. The van der Waals surface area contributed by atoms with Crippen molar-refractivity contribution in [3.8, 4) is 5.75 Å². The van der Waals surface area contributed by atoms with Crippen molar-refractivity contribution in [2.24, 2.45) is 0 Å². The Kier molecular flexibility index (Phi) is 8.05. The Balaban J connectivity index is 2.93. The van der Waals surface area contributed by atoms with Crippen LogP contribution in [0.25, 0.3) is 0 Å². The summed E-state index contributed by atoms with van der Waals surface area (Å²) in [6, 6.07) is 5.05. The van der Waals surface area contributed by atoms with E-state index in [9.17, 15) is 14.4 Å². The van der Waals surface area contributed by atoms with Crippen molar-refractivity contribution < 1.29 is 29.0 Å². The molecule has 0 heterocycles. The molecule has 0 radical (unpaired) electrons. The molecule has 8 nitrogen and oxygen atoms in total. The largest absolute Gasteiger partial charge is 0.488 e. The highest BCUT2D eigenvalue weighted by Gasteiger charge is 2.27. The fraction of sp³-hybridized carbons (Fsp3) is 0.571. The Morgan fingerprint density at radius 2 is 1.52 bits per heavy atom. The van der Waals surface area contributed by atoms with E-state index in [0.29, 0.717) is 5.75 Å². The van der Waals surface area contributed by atoms with E-state index >= 15 is 0 Å². The second-order valence-corrected chi connectivity index (χ2v) is 8.83. The lowest BCUT2D eigenvalue weighted by molar-refractivity contribution is -0.141. The van der Waals surface area contributed by atoms with Crippen LogP contribution in [0.5, 0.6) is 5.75 Å². The molecular weight excluding hydrogens is 376 g/mol. The molecular formula is C21H32N2O6. The van der Waals surface area contributed by atoms with Gasteiger partial charge in [0.25, 0.3) is 0 Å². The van der Waals surface area contributed by atoms with Crippen LogP contribution in [-0.2, 0) is 20.7 Å². The summed E-state index contributed by atoms with van der Waals surface area (Å²) in [4.78, 5) is 35.7. The Morgan fingerprint density at radius 3 is 1.97 bits per heavy atom. The maximum atomic E-state index is 12.5. The van der Waals surface area contributed by atoms with Crippen LogP contribution >= 0.6 is 0 Å². The summed E-state index contributed by atoms with van der Waals surface area (Å²) < 4.78 is 11.0. The second-order valence-electron chi connectivity index (χ2n) is 8.83. The van der Waals surface area contributed by atoms with Crippen molar-refractivity contribution in [2.75, 3.05) is 0 Å². The van der Waals surface area contributed by atoms with Crippen molar-refractivity contribution in [1.29, 1.82) is 0 Å². The summed E-state index contributed by atoms with van der Waals surface area (Å²) in [5.41, 5.74) is -0.300. The van der Waals surface area contributed by atoms with Gasteiger partial charge in [0.2, 0.25) is 5.91 Å². The van der Waals surface area contributed by atoms with Gasteiger partial charge in [0.15, 0.2) is 0 Å². The number of carboxylic acid groups (broad SMARTS) is 1. The number of carbonyl (C=O) groups excluding carboxylic acids is 2. The molecule has 3 N–H and O–H groups in total. The minimum atomic E-state index is -1.17. The van der Waals surface area contributed by atoms with Gasteiger partial charge in [-0.2, -0.15) is 0 Å². The molecule has 0 aliphatic rings. The summed E-state index contributed by atoms with van der Waals surface area (Å²) in [6.45, 7) is 12.3. The Labute approximate surface area is 172 Å². The first-order valence-electron chi connectivity index (χ1n) is 9.47. The quantitative estimate of drug-likeness (QED) is 0.639. The normalized spacial score (nSPS) is 13.8. The highest BCUT2D eigenvalue weighted by atomic mass is 16.6. The van der Waals surface area contributed by atoms with Gasteiger partial charge in [-0.25, -0.2) is 4.79 Å². The van der Waals surface area contributed by atoms with E-state index in [1.54, 1.807) is 45.0 Å². The first-order chi connectivity index (χ1) is 13.2. The molecule has 0 spiro atoms. The first-order valence-corrected chi connectivity index (χ1v) is 9.47. The van der Waals surface area contributed by atoms with E-state index in [2.05, 4.69) is 10.6 Å². The molecule has 8 heteroatoms. The SMILES string of the molecule is C[C@@H](NC(=O)[C@H](Cc1ccc(OC(C)(C)C)cc1)NC(=O)OC(C)(C)C)C(=O)O. The van der Waals surface area contributed by atoms with Gasteiger partial charge in [0.1, 0.15) is 29.0 Å². The minimum Gasteiger partial charge on any atom is -0.488 e. The number of benzene rings is 1. The van der Waals surface area contributed by atoms with Crippen LogP contribution in [0.2, 0.25) is 0 Å². The van der Waals surface area contributed by atoms with Gasteiger partial charge < -0.3 is 25.2 Å². The number of nitrogens with one attached hydrogen (secondary N) is 2. The summed E-state index contributed by atoms with van der Waals surface area (Å²) in [5, 5.41) is 13.9. The van der Waals surface area contributed by atoms with E-state index in [4.69, 9.17) is 14.6 Å². The van der Waals surface area contributed by atoms with E-state index in [-0.39, 0.29) is 12.0 Å². The van der Waals surface area contributed by atoms with Gasteiger partial charge in [-0.15, -0.1) is 0 Å². The minimum absolute atomic E-state index is 0.160. The molecule has 1 rings (SSSR count). The van der Waals surface area contributed by atoms with Gasteiger partial charge in [0.05, 0.1) is 0 Å². The molecule has 0 unspecified atom stereocenters. The molecule has 1 aromatic rings. The van der Waals surface area contributed by atoms with Crippen LogP contribution in [-0.4, -0.2) is 46.4 Å². The standard InChI is InChI=1S/C21H32N2O6/c1-13(18(25)26)22-17(24)16(23-19(27)29-21(5,6)7)12-14-8-10-15(11-9-14)28-20(2,3)4/h8-11,13,16H,12H2,1-7H3,(H,22,24)(H,23,27)(H,25,26)/t13-,16+/m1/s1. The molecule has 0 fully saturated rings. The van der Waals surface area contributed by atoms with Crippen LogP contribution in [0.1, 0.15) is 54.0 Å². The number of amides is 2. The van der Waals surface area contributed by atoms with Crippen LogP contribution in [0.4, 0.5) is 4.79 Å². The fourth-order valence-electron chi connectivity index (χ4n) is 2.32. The zero-order chi connectivity index (χ0) is 22.4. The molecule has 2 atom stereocenters.